The van der Waals surface area contributed by atoms with Crippen molar-refractivity contribution >= 4 is 10.9 Å². The molecule has 0 bridgehead atoms. The lowest BCUT2D eigenvalue weighted by molar-refractivity contribution is 0.174. The number of aromatic nitrogens is 1. The first-order valence-corrected chi connectivity index (χ1v) is 6.43. The lowest BCUT2D eigenvalue weighted by Crippen LogP contribution is -2.03. The van der Waals surface area contributed by atoms with E-state index in [0.717, 1.165) is 0 Å². The lowest BCUT2D eigenvalue weighted by Gasteiger charge is -2.06. The Kier molecular flexibility index (Phi) is 2.47. The maximum atomic E-state index is 13.3. The molecule has 4 nitrogen and oxygen atoms in total. The summed E-state index contributed by atoms with van der Waals surface area (Å²) in [5, 5.41) is 0.513. The van der Waals surface area contributed by atoms with E-state index in [4.69, 9.17) is 9.47 Å². The molecule has 0 radical (unpaired) electrons. The van der Waals surface area contributed by atoms with E-state index in [-0.39, 0.29) is 19.5 Å². The summed E-state index contributed by atoms with van der Waals surface area (Å²) in [6.45, 7) is 0.149. The minimum atomic E-state index is -0.348. The van der Waals surface area contributed by atoms with E-state index < -0.39 is 0 Å². The summed E-state index contributed by atoms with van der Waals surface area (Å²) >= 11 is 0. The third kappa shape index (κ3) is 1.94. The highest BCUT2D eigenvalue weighted by Crippen LogP contribution is 2.35. The van der Waals surface area contributed by atoms with E-state index in [0.29, 0.717) is 33.7 Å². The number of fused-ring (bicyclic) bond motifs is 2. The van der Waals surface area contributed by atoms with Gasteiger partial charge in [0.05, 0.1) is 5.52 Å². The number of aromatic amines is 1. The van der Waals surface area contributed by atoms with Crippen LogP contribution in [-0.2, 0) is 0 Å². The Hall–Kier alpha value is -2.82. The summed E-state index contributed by atoms with van der Waals surface area (Å²) in [6.07, 6.45) is 0. The minimum absolute atomic E-state index is 0. The zero-order chi connectivity index (χ0) is 14.4. The maximum absolute atomic E-state index is 13.3. The van der Waals surface area contributed by atoms with Crippen molar-refractivity contribution in [3.63, 3.8) is 0 Å². The Labute approximate surface area is 120 Å². The number of benzene rings is 2. The van der Waals surface area contributed by atoms with Crippen LogP contribution in [0.3, 0.4) is 0 Å². The van der Waals surface area contributed by atoms with Gasteiger partial charge in [-0.1, -0.05) is 12.1 Å². The van der Waals surface area contributed by atoms with Crippen molar-refractivity contribution < 1.29 is 15.3 Å². The van der Waals surface area contributed by atoms with Crippen molar-refractivity contribution in [1.29, 1.82) is 0 Å². The van der Waals surface area contributed by atoms with Crippen LogP contribution >= 0.6 is 0 Å². The van der Waals surface area contributed by atoms with Crippen molar-refractivity contribution in [2.24, 2.45) is 0 Å². The summed E-state index contributed by atoms with van der Waals surface area (Å²) in [7, 11) is 0. The molecule has 0 amide bonds. The molecule has 0 atom stereocenters. The number of ether oxygens (including phenoxy) is 2. The Morgan fingerprint density at radius 2 is 1.90 bits per heavy atom. The van der Waals surface area contributed by atoms with Crippen LogP contribution in [-0.4, -0.2) is 11.8 Å². The van der Waals surface area contributed by atoms with E-state index in [1.165, 1.54) is 18.2 Å². The topological polar surface area (TPSA) is 51.3 Å². The number of hydrogen-bond donors (Lipinski definition) is 1. The van der Waals surface area contributed by atoms with Crippen molar-refractivity contribution in [2.45, 2.75) is 0 Å². The third-order valence-electron chi connectivity index (χ3n) is 3.46. The van der Waals surface area contributed by atoms with Crippen LogP contribution < -0.4 is 14.9 Å². The molecule has 2 aromatic carbocycles. The van der Waals surface area contributed by atoms with Crippen LogP contribution in [0.5, 0.6) is 11.5 Å². The zero-order valence-electron chi connectivity index (χ0n) is 10.9. The minimum Gasteiger partial charge on any atom is -0.454 e. The van der Waals surface area contributed by atoms with Gasteiger partial charge in [-0.15, -0.1) is 0 Å². The smallest absolute Gasteiger partial charge is 0.231 e. The number of rotatable bonds is 1. The van der Waals surface area contributed by atoms with Crippen LogP contribution in [0, 0.1) is 5.82 Å². The SMILES string of the molecule is O=c1cc(-c2cccc(F)c2)[nH]c2cc3c(cc12)OCO3.[HH]. The molecule has 1 aliphatic rings. The number of halogens is 1. The second-order valence-electron chi connectivity index (χ2n) is 4.81. The van der Waals surface area contributed by atoms with E-state index in [2.05, 4.69) is 4.98 Å². The van der Waals surface area contributed by atoms with Crippen LogP contribution in [0.4, 0.5) is 4.39 Å². The Morgan fingerprint density at radius 1 is 1.10 bits per heavy atom. The second-order valence-corrected chi connectivity index (χ2v) is 4.81. The summed E-state index contributed by atoms with van der Waals surface area (Å²) in [4.78, 5) is 15.4. The first-order chi connectivity index (χ1) is 10.2. The van der Waals surface area contributed by atoms with Gasteiger partial charge in [0.15, 0.2) is 16.9 Å². The van der Waals surface area contributed by atoms with Crippen LogP contribution in [0.25, 0.3) is 22.2 Å². The molecular weight excluding hydrogens is 273 g/mol. The molecule has 21 heavy (non-hydrogen) atoms. The summed E-state index contributed by atoms with van der Waals surface area (Å²) in [6, 6.07) is 10.9. The maximum Gasteiger partial charge on any atom is 0.231 e. The molecule has 0 unspecified atom stereocenters. The first kappa shape index (κ1) is 12.0. The monoisotopic (exact) mass is 285 g/mol. The number of nitrogens with one attached hydrogen (secondary N) is 1. The molecule has 0 saturated carbocycles. The van der Waals surface area contributed by atoms with Gasteiger partial charge in [-0.05, 0) is 18.2 Å². The van der Waals surface area contributed by atoms with Crippen molar-refractivity contribution in [3.8, 4) is 22.8 Å². The molecule has 3 aromatic rings. The van der Waals surface area contributed by atoms with Crippen molar-refractivity contribution in [3.05, 3.63) is 58.5 Å². The van der Waals surface area contributed by atoms with E-state index >= 15 is 0 Å². The van der Waals surface area contributed by atoms with Crippen molar-refractivity contribution in [2.75, 3.05) is 6.79 Å². The molecule has 2 heterocycles. The van der Waals surface area contributed by atoms with Gasteiger partial charge in [-0.2, -0.15) is 0 Å². The quantitative estimate of drug-likeness (QED) is 0.746. The van der Waals surface area contributed by atoms with Gasteiger partial charge in [0.1, 0.15) is 5.82 Å². The van der Waals surface area contributed by atoms with E-state index in [1.807, 2.05) is 0 Å². The van der Waals surface area contributed by atoms with E-state index in [1.54, 1.807) is 24.3 Å². The fourth-order valence-electron chi connectivity index (χ4n) is 2.45. The van der Waals surface area contributed by atoms with Gasteiger partial charge < -0.3 is 14.5 Å². The van der Waals surface area contributed by atoms with Gasteiger partial charge in [-0.3, -0.25) is 4.79 Å². The summed E-state index contributed by atoms with van der Waals surface area (Å²) in [5.41, 5.74) is 1.66. The molecule has 1 N–H and O–H groups in total. The average Bonchev–Trinajstić information content (AvgIpc) is 2.92. The van der Waals surface area contributed by atoms with Crippen LogP contribution in [0.1, 0.15) is 1.43 Å². The summed E-state index contributed by atoms with van der Waals surface area (Å²) < 4.78 is 23.9. The molecule has 0 aliphatic carbocycles. The normalized spacial score (nSPS) is 12.8. The average molecular weight is 285 g/mol. The highest BCUT2D eigenvalue weighted by Gasteiger charge is 2.16. The standard InChI is InChI=1S/C16H10FNO3.H2/c17-10-3-1-2-9(4-10)12-6-14(19)11-5-15-16(21-8-20-15)7-13(11)18-12;/h1-7H,8H2,(H,18,19);1H. The largest absolute Gasteiger partial charge is 0.454 e. The molecule has 5 heteroatoms. The van der Waals surface area contributed by atoms with E-state index in [9.17, 15) is 9.18 Å². The van der Waals surface area contributed by atoms with Gasteiger partial charge in [0.2, 0.25) is 6.79 Å². The predicted molar refractivity (Wildman–Crippen MR) is 78.2 cm³/mol. The Bertz CT molecular complexity index is 923. The molecule has 0 spiro atoms. The van der Waals surface area contributed by atoms with Gasteiger partial charge in [0.25, 0.3) is 0 Å². The fourth-order valence-corrected chi connectivity index (χ4v) is 2.45. The molecule has 106 valence electrons. The van der Waals surface area contributed by atoms with Gasteiger partial charge in [-0.25, -0.2) is 4.39 Å². The predicted octanol–water partition coefficient (Wildman–Crippen LogP) is 3.31. The Balaban J connectivity index is 0.00000144. The number of H-pyrrole nitrogens is 1. The summed E-state index contributed by atoms with van der Waals surface area (Å²) in [5.74, 6) is 0.806. The Morgan fingerprint density at radius 3 is 2.71 bits per heavy atom. The fraction of sp³-hybridized carbons (Fsp3) is 0.0625. The third-order valence-corrected chi connectivity index (χ3v) is 3.46. The number of hydrogen-bond acceptors (Lipinski definition) is 3. The van der Waals surface area contributed by atoms with Gasteiger partial charge in [0, 0.05) is 30.2 Å². The second kappa shape index (κ2) is 4.34. The molecule has 1 aromatic heterocycles. The highest BCUT2D eigenvalue weighted by atomic mass is 19.1. The first-order valence-electron chi connectivity index (χ1n) is 6.43. The van der Waals surface area contributed by atoms with Crippen molar-refractivity contribution in [1.82, 2.24) is 4.98 Å². The highest BCUT2D eigenvalue weighted by molar-refractivity contribution is 5.85. The molecule has 0 fully saturated rings. The lowest BCUT2D eigenvalue weighted by atomic mass is 10.1. The molecule has 4 rings (SSSR count). The zero-order valence-corrected chi connectivity index (χ0v) is 10.9. The van der Waals surface area contributed by atoms with Crippen LogP contribution in [0.15, 0.2) is 47.3 Å². The van der Waals surface area contributed by atoms with Gasteiger partial charge >= 0.3 is 0 Å². The molecular formula is C16H12FNO3. The molecule has 0 saturated heterocycles. The van der Waals surface area contributed by atoms with Crippen LogP contribution in [0.2, 0.25) is 0 Å². The molecule has 1 aliphatic heterocycles. The number of pyridine rings is 1.